The second kappa shape index (κ2) is 8.35. The van der Waals surface area contributed by atoms with Crippen LogP contribution in [0.2, 0.25) is 0 Å². The molecule has 1 N–H and O–H groups in total. The van der Waals surface area contributed by atoms with E-state index in [1.165, 1.54) is 23.4 Å². The maximum absolute atomic E-state index is 4.65. The summed E-state index contributed by atoms with van der Waals surface area (Å²) in [5.74, 6) is 1.01. The van der Waals surface area contributed by atoms with Crippen molar-refractivity contribution in [1.82, 2.24) is 20.0 Å². The quantitative estimate of drug-likeness (QED) is 0.451. The van der Waals surface area contributed by atoms with Gasteiger partial charge in [-0.25, -0.2) is 0 Å². The summed E-state index contributed by atoms with van der Waals surface area (Å²) in [5.41, 5.74) is 4.24. The van der Waals surface area contributed by atoms with Crippen molar-refractivity contribution in [3.05, 3.63) is 17.0 Å². The standard InChI is InChI=1S/C17H31N5.HI/c1-7-14-13(15(8-2)21(6)20-14)11-19-16(18-5)22-10-9-17(3,4)12-22;/h7-12H2,1-6H3,(H,18,19);1H. The molecule has 0 saturated carbocycles. The van der Waals surface area contributed by atoms with E-state index in [9.17, 15) is 0 Å². The molecular weight excluding hydrogens is 401 g/mol. The molecule has 23 heavy (non-hydrogen) atoms. The van der Waals surface area contributed by atoms with Crippen LogP contribution in [-0.2, 0) is 26.4 Å². The molecule has 1 aromatic heterocycles. The lowest BCUT2D eigenvalue weighted by atomic mass is 9.93. The SMILES string of the molecule is CCc1nn(C)c(CC)c1CNC(=NC)N1CCC(C)(C)C1.I. The van der Waals surface area contributed by atoms with Crippen molar-refractivity contribution in [3.63, 3.8) is 0 Å². The van der Waals surface area contributed by atoms with Crippen LogP contribution in [0.25, 0.3) is 0 Å². The Morgan fingerprint density at radius 3 is 2.48 bits per heavy atom. The van der Waals surface area contributed by atoms with E-state index in [0.717, 1.165) is 38.4 Å². The lowest BCUT2D eigenvalue weighted by Gasteiger charge is -2.24. The summed E-state index contributed by atoms with van der Waals surface area (Å²) in [6.07, 6.45) is 3.21. The summed E-state index contributed by atoms with van der Waals surface area (Å²) in [5, 5.41) is 8.20. The smallest absolute Gasteiger partial charge is 0.193 e. The minimum atomic E-state index is 0. The fourth-order valence-electron chi connectivity index (χ4n) is 3.39. The molecule has 1 aliphatic heterocycles. The monoisotopic (exact) mass is 433 g/mol. The first-order valence-corrected chi connectivity index (χ1v) is 8.41. The Morgan fingerprint density at radius 1 is 1.30 bits per heavy atom. The Bertz CT molecular complexity index is 547. The highest BCUT2D eigenvalue weighted by molar-refractivity contribution is 14.0. The summed E-state index contributed by atoms with van der Waals surface area (Å²) >= 11 is 0. The lowest BCUT2D eigenvalue weighted by Crippen LogP contribution is -2.40. The van der Waals surface area contributed by atoms with Crippen molar-refractivity contribution in [3.8, 4) is 0 Å². The second-order valence-corrected chi connectivity index (χ2v) is 6.94. The molecule has 0 unspecified atom stereocenters. The van der Waals surface area contributed by atoms with E-state index in [2.05, 4.69) is 48.0 Å². The molecule has 0 radical (unpaired) electrons. The molecule has 0 spiro atoms. The Hall–Kier alpha value is -0.790. The Kier molecular flexibility index (Phi) is 7.35. The minimum absolute atomic E-state index is 0. The summed E-state index contributed by atoms with van der Waals surface area (Å²) in [7, 11) is 3.91. The van der Waals surface area contributed by atoms with E-state index >= 15 is 0 Å². The first kappa shape index (κ1) is 20.3. The van der Waals surface area contributed by atoms with E-state index in [1.54, 1.807) is 0 Å². The maximum Gasteiger partial charge on any atom is 0.193 e. The Balaban J connectivity index is 0.00000264. The zero-order valence-corrected chi connectivity index (χ0v) is 17.8. The van der Waals surface area contributed by atoms with E-state index < -0.39 is 0 Å². The molecule has 2 rings (SSSR count). The van der Waals surface area contributed by atoms with Gasteiger partial charge >= 0.3 is 0 Å². The van der Waals surface area contributed by atoms with Crippen LogP contribution in [0.5, 0.6) is 0 Å². The van der Waals surface area contributed by atoms with Gasteiger partial charge in [0.15, 0.2) is 5.96 Å². The third-order valence-electron chi connectivity index (χ3n) is 4.64. The van der Waals surface area contributed by atoms with Crippen molar-refractivity contribution >= 4 is 29.9 Å². The predicted molar refractivity (Wildman–Crippen MR) is 108 cm³/mol. The molecule has 1 saturated heterocycles. The predicted octanol–water partition coefficient (Wildman–Crippen LogP) is 2.97. The van der Waals surface area contributed by atoms with Crippen molar-refractivity contribution in [2.45, 2.75) is 53.5 Å². The molecule has 0 atom stereocenters. The van der Waals surface area contributed by atoms with E-state index in [0.29, 0.717) is 5.41 Å². The average molecular weight is 433 g/mol. The summed E-state index contributed by atoms with van der Waals surface area (Å²) < 4.78 is 2.03. The number of hydrogen-bond acceptors (Lipinski definition) is 2. The minimum Gasteiger partial charge on any atom is -0.352 e. The number of likely N-dealkylation sites (tertiary alicyclic amines) is 1. The summed E-state index contributed by atoms with van der Waals surface area (Å²) in [6.45, 7) is 12.0. The third-order valence-corrected chi connectivity index (χ3v) is 4.64. The number of halogens is 1. The highest BCUT2D eigenvalue weighted by Crippen LogP contribution is 2.28. The number of nitrogens with zero attached hydrogens (tertiary/aromatic N) is 4. The van der Waals surface area contributed by atoms with E-state index in [1.807, 2.05) is 18.8 Å². The van der Waals surface area contributed by atoms with Crippen molar-refractivity contribution < 1.29 is 0 Å². The topological polar surface area (TPSA) is 45.5 Å². The van der Waals surface area contributed by atoms with E-state index in [4.69, 9.17) is 0 Å². The summed E-state index contributed by atoms with van der Waals surface area (Å²) in [4.78, 5) is 6.84. The van der Waals surface area contributed by atoms with Gasteiger partial charge in [-0.2, -0.15) is 5.10 Å². The van der Waals surface area contributed by atoms with Crippen LogP contribution in [-0.4, -0.2) is 40.8 Å². The number of guanidine groups is 1. The van der Waals surface area contributed by atoms with Gasteiger partial charge < -0.3 is 10.2 Å². The van der Waals surface area contributed by atoms with Crippen molar-refractivity contribution in [2.75, 3.05) is 20.1 Å². The first-order valence-electron chi connectivity index (χ1n) is 8.41. The van der Waals surface area contributed by atoms with Gasteiger partial charge in [-0.05, 0) is 24.7 Å². The Morgan fingerprint density at radius 2 is 2.00 bits per heavy atom. The molecule has 1 aliphatic rings. The molecule has 0 aliphatic carbocycles. The van der Waals surface area contributed by atoms with Crippen LogP contribution in [0.15, 0.2) is 4.99 Å². The van der Waals surface area contributed by atoms with Crippen molar-refractivity contribution in [1.29, 1.82) is 0 Å². The molecule has 132 valence electrons. The molecule has 6 heteroatoms. The molecular formula is C17H32IN5. The number of rotatable bonds is 4. The van der Waals surface area contributed by atoms with Gasteiger partial charge in [-0.3, -0.25) is 9.67 Å². The van der Waals surface area contributed by atoms with Crippen LogP contribution in [0, 0.1) is 5.41 Å². The lowest BCUT2D eigenvalue weighted by molar-refractivity contribution is 0.370. The zero-order valence-electron chi connectivity index (χ0n) is 15.4. The first-order chi connectivity index (χ1) is 10.4. The van der Waals surface area contributed by atoms with Crippen molar-refractivity contribution in [2.24, 2.45) is 17.5 Å². The van der Waals surface area contributed by atoms with E-state index in [-0.39, 0.29) is 24.0 Å². The highest BCUT2D eigenvalue weighted by Gasteiger charge is 2.31. The maximum atomic E-state index is 4.65. The van der Waals surface area contributed by atoms with Gasteiger partial charge in [0.1, 0.15) is 0 Å². The third kappa shape index (κ3) is 4.61. The van der Waals surface area contributed by atoms with Gasteiger partial charge in [-0.1, -0.05) is 27.7 Å². The average Bonchev–Trinajstić information content (AvgIpc) is 2.99. The highest BCUT2D eigenvalue weighted by atomic mass is 127. The number of hydrogen-bond donors (Lipinski definition) is 1. The Labute approximate surface area is 157 Å². The van der Waals surface area contributed by atoms with Gasteiger partial charge in [0.05, 0.1) is 5.69 Å². The number of aromatic nitrogens is 2. The molecule has 0 bridgehead atoms. The molecule has 1 fully saturated rings. The second-order valence-electron chi connectivity index (χ2n) is 6.94. The number of nitrogens with one attached hydrogen (secondary N) is 1. The number of aryl methyl sites for hydroxylation is 2. The van der Waals surface area contributed by atoms with Crippen LogP contribution < -0.4 is 5.32 Å². The molecule has 5 nitrogen and oxygen atoms in total. The van der Waals surface area contributed by atoms with Crippen LogP contribution in [0.3, 0.4) is 0 Å². The van der Waals surface area contributed by atoms with Gasteiger partial charge in [0, 0.05) is 45.0 Å². The summed E-state index contributed by atoms with van der Waals surface area (Å²) in [6, 6.07) is 0. The molecule has 1 aromatic rings. The largest absolute Gasteiger partial charge is 0.352 e. The fraction of sp³-hybridized carbons (Fsp3) is 0.765. The molecule has 0 amide bonds. The van der Waals surface area contributed by atoms with Crippen LogP contribution in [0.4, 0.5) is 0 Å². The van der Waals surface area contributed by atoms with Gasteiger partial charge in [-0.15, -0.1) is 24.0 Å². The van der Waals surface area contributed by atoms with Crippen LogP contribution >= 0.6 is 24.0 Å². The number of aliphatic imine (C=N–C) groups is 1. The van der Waals surface area contributed by atoms with Gasteiger partial charge in [0.25, 0.3) is 0 Å². The molecule has 0 aromatic carbocycles. The van der Waals surface area contributed by atoms with Gasteiger partial charge in [0.2, 0.25) is 0 Å². The fourth-order valence-corrected chi connectivity index (χ4v) is 3.39. The normalized spacial score (nSPS) is 17.3. The van der Waals surface area contributed by atoms with Crippen LogP contribution in [0.1, 0.15) is 51.1 Å². The molecule has 2 heterocycles. The zero-order chi connectivity index (χ0) is 16.3.